The highest BCUT2D eigenvalue weighted by Gasteiger charge is 2.17. The van der Waals surface area contributed by atoms with Crippen molar-refractivity contribution >= 4 is 11.7 Å². The topological polar surface area (TPSA) is 69.8 Å². The third-order valence-electron chi connectivity index (χ3n) is 2.43. The van der Waals surface area contributed by atoms with Gasteiger partial charge in [0.05, 0.1) is 6.54 Å². The van der Waals surface area contributed by atoms with Crippen LogP contribution in [0.3, 0.4) is 0 Å². The average molecular weight is 252 g/mol. The van der Waals surface area contributed by atoms with Crippen molar-refractivity contribution in [1.82, 2.24) is 15.5 Å². The molecule has 0 aliphatic carbocycles. The summed E-state index contributed by atoms with van der Waals surface area (Å²) < 4.78 is 0. The predicted octanol–water partition coefficient (Wildman–Crippen LogP) is 2.03. The number of amides is 1. The summed E-state index contributed by atoms with van der Waals surface area (Å²) in [6.45, 7) is 12.6. The van der Waals surface area contributed by atoms with Crippen LogP contribution < -0.4 is 10.6 Å². The van der Waals surface area contributed by atoms with Crippen LogP contribution in [-0.4, -0.2) is 28.2 Å². The largest absolute Gasteiger partial charge is 0.308 e. The van der Waals surface area contributed by atoms with Gasteiger partial charge in [0.15, 0.2) is 5.82 Å². The maximum Gasteiger partial charge on any atom is 0.239 e. The summed E-state index contributed by atoms with van der Waals surface area (Å²) in [5.41, 5.74) is 0.931. The van der Waals surface area contributed by atoms with Crippen molar-refractivity contribution < 1.29 is 4.79 Å². The molecule has 5 nitrogen and oxygen atoms in total. The molecule has 1 aromatic rings. The molecule has 1 rings (SSSR count). The van der Waals surface area contributed by atoms with Gasteiger partial charge in [-0.15, -0.1) is 0 Å². The van der Waals surface area contributed by atoms with Crippen molar-refractivity contribution in [2.24, 2.45) is 0 Å². The van der Waals surface area contributed by atoms with Gasteiger partial charge >= 0.3 is 0 Å². The number of H-pyrrole nitrogens is 1. The molecule has 0 saturated carbocycles. The predicted molar refractivity (Wildman–Crippen MR) is 73.7 cm³/mol. The number of anilines is 1. The van der Waals surface area contributed by atoms with Gasteiger partial charge in [-0.05, 0) is 20.8 Å². The van der Waals surface area contributed by atoms with Crippen molar-refractivity contribution in [3.63, 3.8) is 0 Å². The Morgan fingerprint density at radius 3 is 2.33 bits per heavy atom. The van der Waals surface area contributed by atoms with Crippen molar-refractivity contribution in [1.29, 1.82) is 0 Å². The van der Waals surface area contributed by atoms with Crippen molar-refractivity contribution in [3.8, 4) is 0 Å². The number of rotatable bonds is 3. The minimum Gasteiger partial charge on any atom is -0.308 e. The molecule has 5 heteroatoms. The van der Waals surface area contributed by atoms with Crippen LogP contribution in [0.1, 0.15) is 47.2 Å². The maximum absolute atomic E-state index is 11.7. The normalized spacial score (nSPS) is 12.6. The zero-order valence-electron chi connectivity index (χ0n) is 12.1. The number of aromatic amines is 1. The molecule has 0 fully saturated rings. The van der Waals surface area contributed by atoms with E-state index >= 15 is 0 Å². The molecule has 0 aromatic carbocycles. The molecular weight excluding hydrogens is 228 g/mol. The van der Waals surface area contributed by atoms with Gasteiger partial charge in [0, 0.05) is 22.7 Å². The molecule has 0 saturated heterocycles. The molecule has 0 atom stereocenters. The minimum atomic E-state index is -0.0862. The monoisotopic (exact) mass is 252 g/mol. The number of hydrogen-bond acceptors (Lipinski definition) is 3. The number of nitrogens with one attached hydrogen (secondary N) is 3. The van der Waals surface area contributed by atoms with E-state index in [9.17, 15) is 4.79 Å². The van der Waals surface area contributed by atoms with Crippen molar-refractivity contribution in [2.45, 2.75) is 52.5 Å². The Morgan fingerprint density at radius 2 is 1.89 bits per heavy atom. The lowest BCUT2D eigenvalue weighted by Gasteiger charge is -2.19. The highest BCUT2D eigenvalue weighted by molar-refractivity contribution is 5.91. The van der Waals surface area contributed by atoms with Crippen molar-refractivity contribution in [3.05, 3.63) is 11.8 Å². The fraction of sp³-hybridized carbons (Fsp3) is 0.692. The fourth-order valence-electron chi connectivity index (χ4n) is 1.30. The van der Waals surface area contributed by atoms with E-state index in [1.165, 1.54) is 0 Å². The third kappa shape index (κ3) is 4.87. The van der Waals surface area contributed by atoms with E-state index in [4.69, 9.17) is 0 Å². The van der Waals surface area contributed by atoms with Gasteiger partial charge in [0.1, 0.15) is 0 Å². The van der Waals surface area contributed by atoms with Crippen LogP contribution in [0.25, 0.3) is 0 Å². The van der Waals surface area contributed by atoms with Crippen LogP contribution in [0.15, 0.2) is 6.07 Å². The molecular formula is C13H24N4O. The number of nitrogens with zero attached hydrogens (tertiary/aromatic N) is 1. The molecule has 1 amide bonds. The van der Waals surface area contributed by atoms with E-state index in [0.717, 1.165) is 5.69 Å². The van der Waals surface area contributed by atoms with Gasteiger partial charge in [0.25, 0.3) is 0 Å². The average Bonchev–Trinajstić information content (AvgIpc) is 2.61. The fourth-order valence-corrected chi connectivity index (χ4v) is 1.30. The Labute approximate surface area is 109 Å². The Balaban J connectivity index is 2.53. The van der Waals surface area contributed by atoms with Crippen LogP contribution >= 0.6 is 0 Å². The zero-order chi connectivity index (χ0) is 14.0. The van der Waals surface area contributed by atoms with E-state index in [-0.39, 0.29) is 23.4 Å². The molecule has 0 spiro atoms. The van der Waals surface area contributed by atoms with Gasteiger partial charge in [-0.25, -0.2) is 0 Å². The van der Waals surface area contributed by atoms with Crippen LogP contribution in [0.2, 0.25) is 0 Å². The van der Waals surface area contributed by atoms with Gasteiger partial charge in [-0.1, -0.05) is 20.8 Å². The van der Waals surface area contributed by atoms with Gasteiger partial charge < -0.3 is 10.6 Å². The molecule has 1 aromatic heterocycles. The quantitative estimate of drug-likeness (QED) is 0.771. The lowest BCUT2D eigenvalue weighted by atomic mass is 9.92. The molecule has 0 radical (unpaired) electrons. The second kappa shape index (κ2) is 5.10. The standard InChI is InChI=1S/C13H24N4O/c1-12(2,3)9-7-10(17-16-9)15-11(18)8-14-13(4,5)6/h7,14H,8H2,1-6H3,(H2,15,16,17,18). The molecule has 3 N–H and O–H groups in total. The Morgan fingerprint density at radius 1 is 1.28 bits per heavy atom. The summed E-state index contributed by atoms with van der Waals surface area (Å²) in [5.74, 6) is 0.484. The highest BCUT2D eigenvalue weighted by Crippen LogP contribution is 2.21. The second-order valence-electron chi connectivity index (χ2n) is 6.57. The van der Waals surface area contributed by atoms with Crippen molar-refractivity contribution in [2.75, 3.05) is 11.9 Å². The molecule has 0 unspecified atom stereocenters. The highest BCUT2D eigenvalue weighted by atomic mass is 16.2. The lowest BCUT2D eigenvalue weighted by Crippen LogP contribution is -2.41. The third-order valence-corrected chi connectivity index (χ3v) is 2.43. The minimum absolute atomic E-state index is 0.000360. The van der Waals surface area contributed by atoms with Crippen LogP contribution in [0.5, 0.6) is 0 Å². The first-order valence-electron chi connectivity index (χ1n) is 6.19. The van der Waals surface area contributed by atoms with Gasteiger partial charge in [-0.3, -0.25) is 9.89 Å². The van der Waals surface area contributed by atoms with Crippen LogP contribution in [0, 0.1) is 0 Å². The SMILES string of the molecule is CC(C)(C)NCC(=O)Nc1cc(C(C)(C)C)[nH]n1. The first-order valence-corrected chi connectivity index (χ1v) is 6.19. The summed E-state index contributed by atoms with van der Waals surface area (Å²) in [4.78, 5) is 11.7. The molecule has 18 heavy (non-hydrogen) atoms. The summed E-state index contributed by atoms with van der Waals surface area (Å²) in [7, 11) is 0. The van der Waals surface area contributed by atoms with E-state index in [1.54, 1.807) is 0 Å². The van der Waals surface area contributed by atoms with E-state index < -0.39 is 0 Å². The van der Waals surface area contributed by atoms with Gasteiger partial charge in [-0.2, -0.15) is 5.10 Å². The number of carbonyl (C=O) groups is 1. The van der Waals surface area contributed by atoms with E-state index in [0.29, 0.717) is 5.82 Å². The van der Waals surface area contributed by atoms with E-state index in [2.05, 4.69) is 41.6 Å². The zero-order valence-corrected chi connectivity index (χ0v) is 12.1. The second-order valence-corrected chi connectivity index (χ2v) is 6.57. The lowest BCUT2D eigenvalue weighted by molar-refractivity contribution is -0.115. The Kier molecular flexibility index (Phi) is 4.16. The Bertz CT molecular complexity index is 409. The van der Waals surface area contributed by atoms with E-state index in [1.807, 2.05) is 26.8 Å². The maximum atomic E-state index is 11.7. The summed E-state index contributed by atoms with van der Waals surface area (Å²) in [6, 6.07) is 1.87. The number of aromatic nitrogens is 2. The molecule has 1 heterocycles. The summed E-state index contributed by atoms with van der Waals surface area (Å²) in [6.07, 6.45) is 0. The smallest absolute Gasteiger partial charge is 0.239 e. The first kappa shape index (κ1) is 14.7. The molecule has 0 aliphatic heterocycles. The summed E-state index contributed by atoms with van der Waals surface area (Å²) >= 11 is 0. The van der Waals surface area contributed by atoms with Crippen LogP contribution in [0.4, 0.5) is 5.82 Å². The van der Waals surface area contributed by atoms with Gasteiger partial charge in [0.2, 0.25) is 5.91 Å². The molecule has 102 valence electrons. The molecule has 0 bridgehead atoms. The number of carbonyl (C=O) groups excluding carboxylic acids is 1. The van der Waals surface area contributed by atoms with Crippen LogP contribution in [-0.2, 0) is 10.2 Å². The first-order chi connectivity index (χ1) is 8.08. The molecule has 0 aliphatic rings. The number of hydrogen-bond donors (Lipinski definition) is 3. The summed E-state index contributed by atoms with van der Waals surface area (Å²) in [5, 5.41) is 12.9. The Hall–Kier alpha value is -1.36.